The number of pyridine rings is 1. The molecule has 0 radical (unpaired) electrons. The Morgan fingerprint density at radius 2 is 2.00 bits per heavy atom. The molecule has 0 amide bonds. The maximum atomic E-state index is 5.99. The van der Waals surface area contributed by atoms with Gasteiger partial charge < -0.3 is 15.0 Å². The number of rotatable bonds is 9. The molecule has 0 unspecified atom stereocenters. The number of nitrogens with one attached hydrogen (secondary N) is 1. The predicted octanol–water partition coefficient (Wildman–Crippen LogP) is 2.67. The minimum absolute atomic E-state index is 0.702. The van der Waals surface area contributed by atoms with Crippen molar-refractivity contribution >= 4 is 0 Å². The molecule has 1 aliphatic carbocycles. The van der Waals surface area contributed by atoms with E-state index in [0.717, 1.165) is 37.8 Å². The zero-order valence-corrected chi connectivity index (χ0v) is 13.9. The molecule has 4 heteroatoms. The summed E-state index contributed by atoms with van der Waals surface area (Å²) in [7, 11) is 0. The van der Waals surface area contributed by atoms with Gasteiger partial charge in [0.1, 0.15) is 6.61 Å². The van der Waals surface area contributed by atoms with Crippen LogP contribution in [0.2, 0.25) is 0 Å². The van der Waals surface area contributed by atoms with Crippen LogP contribution in [0.3, 0.4) is 0 Å². The van der Waals surface area contributed by atoms with E-state index in [4.69, 9.17) is 4.74 Å². The standard InChI is InChI=1S/C17H29N3O/c1-5-20(6-2)9-10-21-17-16(12-18-15-7-8-15)13(3)11-14(4)19-17/h11,15,18H,5-10,12H2,1-4H3. The molecule has 0 atom stereocenters. The van der Waals surface area contributed by atoms with Gasteiger partial charge in [0.05, 0.1) is 0 Å². The quantitative estimate of drug-likeness (QED) is 0.759. The fourth-order valence-electron chi connectivity index (χ4n) is 2.51. The topological polar surface area (TPSA) is 37.4 Å². The van der Waals surface area contributed by atoms with Crippen molar-refractivity contribution in [3.05, 3.63) is 22.9 Å². The first kappa shape index (κ1) is 16.2. The molecular weight excluding hydrogens is 262 g/mol. The van der Waals surface area contributed by atoms with Crippen LogP contribution in [-0.2, 0) is 6.54 Å². The van der Waals surface area contributed by atoms with E-state index in [1.165, 1.54) is 24.0 Å². The van der Waals surface area contributed by atoms with Crippen LogP contribution in [0.4, 0.5) is 0 Å². The Kier molecular flexibility index (Phi) is 6.00. The molecular formula is C17H29N3O. The number of hydrogen-bond acceptors (Lipinski definition) is 4. The summed E-state index contributed by atoms with van der Waals surface area (Å²) in [6.07, 6.45) is 2.60. The van der Waals surface area contributed by atoms with Crippen molar-refractivity contribution < 1.29 is 4.74 Å². The minimum atomic E-state index is 0.702. The molecule has 21 heavy (non-hydrogen) atoms. The summed E-state index contributed by atoms with van der Waals surface area (Å²) >= 11 is 0. The molecule has 0 saturated heterocycles. The van der Waals surface area contributed by atoms with Gasteiger partial charge >= 0.3 is 0 Å². The van der Waals surface area contributed by atoms with Gasteiger partial charge in [0, 0.05) is 30.4 Å². The first-order valence-corrected chi connectivity index (χ1v) is 8.19. The lowest BCUT2D eigenvalue weighted by atomic mass is 10.1. The largest absolute Gasteiger partial charge is 0.476 e. The molecule has 1 saturated carbocycles. The number of aromatic nitrogens is 1. The Labute approximate surface area is 128 Å². The van der Waals surface area contributed by atoms with E-state index >= 15 is 0 Å². The molecule has 1 fully saturated rings. The SMILES string of the molecule is CCN(CC)CCOc1nc(C)cc(C)c1CNC1CC1. The molecule has 0 aromatic carbocycles. The van der Waals surface area contributed by atoms with Crippen LogP contribution in [0.5, 0.6) is 5.88 Å². The number of likely N-dealkylation sites (N-methyl/N-ethyl adjacent to an activating group) is 1. The monoisotopic (exact) mass is 291 g/mol. The maximum absolute atomic E-state index is 5.99. The second-order valence-electron chi connectivity index (χ2n) is 5.89. The van der Waals surface area contributed by atoms with Gasteiger partial charge in [-0.05, 0) is 51.4 Å². The molecule has 1 heterocycles. The van der Waals surface area contributed by atoms with E-state index in [1.807, 2.05) is 6.92 Å². The highest BCUT2D eigenvalue weighted by Crippen LogP contribution is 2.24. The van der Waals surface area contributed by atoms with Crippen LogP contribution in [0.1, 0.15) is 43.5 Å². The molecule has 1 aromatic rings. The summed E-state index contributed by atoms with van der Waals surface area (Å²) < 4.78 is 5.99. The molecule has 0 spiro atoms. The van der Waals surface area contributed by atoms with Gasteiger partial charge in [-0.3, -0.25) is 0 Å². The third kappa shape index (κ3) is 4.97. The Balaban J connectivity index is 1.97. The summed E-state index contributed by atoms with van der Waals surface area (Å²) in [5.74, 6) is 0.813. The number of ether oxygens (including phenoxy) is 1. The molecule has 4 nitrogen and oxygen atoms in total. The van der Waals surface area contributed by atoms with E-state index in [9.17, 15) is 0 Å². The van der Waals surface area contributed by atoms with Crippen LogP contribution in [0.25, 0.3) is 0 Å². The molecule has 0 bridgehead atoms. The lowest BCUT2D eigenvalue weighted by molar-refractivity contribution is 0.216. The first-order chi connectivity index (χ1) is 10.1. The number of nitrogens with zero attached hydrogens (tertiary/aromatic N) is 2. The van der Waals surface area contributed by atoms with Crippen molar-refractivity contribution in [2.75, 3.05) is 26.2 Å². The maximum Gasteiger partial charge on any atom is 0.218 e. The normalized spacial score (nSPS) is 14.7. The van der Waals surface area contributed by atoms with Crippen molar-refractivity contribution in [1.82, 2.24) is 15.2 Å². The van der Waals surface area contributed by atoms with Gasteiger partial charge in [-0.25, -0.2) is 4.98 Å². The summed E-state index contributed by atoms with van der Waals surface area (Å²) in [5.41, 5.74) is 3.51. The Morgan fingerprint density at radius 1 is 1.29 bits per heavy atom. The fraction of sp³-hybridized carbons (Fsp3) is 0.706. The van der Waals surface area contributed by atoms with E-state index in [1.54, 1.807) is 0 Å². The predicted molar refractivity (Wildman–Crippen MR) is 86.9 cm³/mol. The third-order valence-electron chi connectivity index (χ3n) is 4.12. The van der Waals surface area contributed by atoms with Crippen molar-refractivity contribution in [2.24, 2.45) is 0 Å². The van der Waals surface area contributed by atoms with Gasteiger partial charge in [-0.1, -0.05) is 13.8 Å². The van der Waals surface area contributed by atoms with Gasteiger partial charge in [-0.15, -0.1) is 0 Å². The van der Waals surface area contributed by atoms with Gasteiger partial charge in [-0.2, -0.15) is 0 Å². The van der Waals surface area contributed by atoms with Crippen molar-refractivity contribution in [3.8, 4) is 5.88 Å². The van der Waals surface area contributed by atoms with Crippen molar-refractivity contribution in [2.45, 2.75) is 53.1 Å². The average Bonchev–Trinajstić information content (AvgIpc) is 3.26. The average molecular weight is 291 g/mol. The van der Waals surface area contributed by atoms with Crippen molar-refractivity contribution in [3.63, 3.8) is 0 Å². The second kappa shape index (κ2) is 7.76. The van der Waals surface area contributed by atoms with Gasteiger partial charge in [0.15, 0.2) is 0 Å². The Morgan fingerprint density at radius 3 is 2.62 bits per heavy atom. The number of aryl methyl sites for hydroxylation is 2. The van der Waals surface area contributed by atoms with Crippen LogP contribution in [0.15, 0.2) is 6.07 Å². The van der Waals surface area contributed by atoms with E-state index in [2.05, 4.69) is 42.0 Å². The second-order valence-corrected chi connectivity index (χ2v) is 5.89. The van der Waals surface area contributed by atoms with Crippen molar-refractivity contribution in [1.29, 1.82) is 0 Å². The van der Waals surface area contributed by atoms with Crippen LogP contribution >= 0.6 is 0 Å². The van der Waals surface area contributed by atoms with E-state index < -0.39 is 0 Å². The summed E-state index contributed by atoms with van der Waals surface area (Å²) in [6, 6.07) is 2.84. The zero-order chi connectivity index (χ0) is 15.2. The van der Waals surface area contributed by atoms with Crippen LogP contribution < -0.4 is 10.1 Å². The molecule has 1 aromatic heterocycles. The van der Waals surface area contributed by atoms with Crippen LogP contribution in [-0.4, -0.2) is 42.2 Å². The zero-order valence-electron chi connectivity index (χ0n) is 13.9. The lowest BCUT2D eigenvalue weighted by Crippen LogP contribution is -2.28. The minimum Gasteiger partial charge on any atom is -0.476 e. The molecule has 118 valence electrons. The first-order valence-electron chi connectivity index (χ1n) is 8.19. The fourth-order valence-corrected chi connectivity index (χ4v) is 2.51. The summed E-state index contributed by atoms with van der Waals surface area (Å²) in [5, 5.41) is 3.56. The highest BCUT2D eigenvalue weighted by Gasteiger charge is 2.21. The summed E-state index contributed by atoms with van der Waals surface area (Å²) in [4.78, 5) is 6.97. The lowest BCUT2D eigenvalue weighted by Gasteiger charge is -2.19. The molecule has 1 aliphatic rings. The Hall–Kier alpha value is -1.13. The smallest absolute Gasteiger partial charge is 0.218 e. The van der Waals surface area contributed by atoms with E-state index in [0.29, 0.717) is 12.6 Å². The molecule has 1 N–H and O–H groups in total. The highest BCUT2D eigenvalue weighted by atomic mass is 16.5. The third-order valence-corrected chi connectivity index (χ3v) is 4.12. The molecule has 0 aliphatic heterocycles. The summed E-state index contributed by atoms with van der Waals surface area (Å²) in [6.45, 7) is 13.2. The van der Waals surface area contributed by atoms with E-state index in [-0.39, 0.29) is 0 Å². The van der Waals surface area contributed by atoms with Gasteiger partial charge in [0.25, 0.3) is 0 Å². The highest BCUT2D eigenvalue weighted by molar-refractivity contribution is 5.36. The number of hydrogen-bond donors (Lipinski definition) is 1. The molecule has 2 rings (SSSR count). The van der Waals surface area contributed by atoms with Gasteiger partial charge in [0.2, 0.25) is 5.88 Å². The van der Waals surface area contributed by atoms with Crippen LogP contribution in [0, 0.1) is 13.8 Å². The Bertz CT molecular complexity index is 454.